The van der Waals surface area contributed by atoms with Crippen LogP contribution in [0.1, 0.15) is 6.92 Å². The number of aromatic amines is 2. The van der Waals surface area contributed by atoms with Gasteiger partial charge >= 0.3 is 0 Å². The number of carbonyl (C=O) groups is 1. The normalized spacial score (nSPS) is 10.7. The van der Waals surface area contributed by atoms with Crippen LogP contribution in [0.15, 0.2) is 54.7 Å². The van der Waals surface area contributed by atoms with Gasteiger partial charge in [0.2, 0.25) is 5.91 Å². The standard InChI is InChI=1S/C20H18N4O3/c1-12(25)24-27-19-9-5-8-18(26-2)20(19)17-10-16(22-23-17)14-11-21-15-7-4-3-6-13(14)15/h3-11,21H,1-2H3,(H,22,23)(H,24,25). The molecule has 7 heteroatoms. The fourth-order valence-electron chi connectivity index (χ4n) is 3.03. The van der Waals surface area contributed by atoms with E-state index in [2.05, 4.69) is 20.7 Å². The van der Waals surface area contributed by atoms with Gasteiger partial charge in [-0.1, -0.05) is 24.3 Å². The van der Waals surface area contributed by atoms with Crippen LogP contribution in [-0.2, 0) is 4.79 Å². The number of nitrogens with one attached hydrogen (secondary N) is 3. The van der Waals surface area contributed by atoms with Crippen LogP contribution in [0.3, 0.4) is 0 Å². The van der Waals surface area contributed by atoms with Crippen LogP contribution in [-0.4, -0.2) is 28.2 Å². The number of rotatable bonds is 5. The molecule has 0 spiro atoms. The molecule has 7 nitrogen and oxygen atoms in total. The first-order valence-corrected chi connectivity index (χ1v) is 8.40. The van der Waals surface area contributed by atoms with Crippen molar-refractivity contribution < 1.29 is 14.4 Å². The second-order valence-electron chi connectivity index (χ2n) is 6.01. The van der Waals surface area contributed by atoms with Crippen LogP contribution in [0, 0.1) is 0 Å². The van der Waals surface area contributed by atoms with Crippen LogP contribution < -0.4 is 15.1 Å². The Hall–Kier alpha value is -3.74. The zero-order valence-electron chi connectivity index (χ0n) is 14.9. The molecule has 0 bridgehead atoms. The molecular weight excluding hydrogens is 344 g/mol. The Labute approximate surface area is 155 Å². The summed E-state index contributed by atoms with van der Waals surface area (Å²) in [7, 11) is 1.58. The van der Waals surface area contributed by atoms with Crippen LogP contribution in [0.2, 0.25) is 0 Å². The topological polar surface area (TPSA) is 92.0 Å². The van der Waals surface area contributed by atoms with E-state index in [9.17, 15) is 4.79 Å². The quantitative estimate of drug-likeness (QED) is 0.472. The number of nitrogens with zero attached hydrogens (tertiary/aromatic N) is 1. The highest BCUT2D eigenvalue weighted by atomic mass is 16.7. The zero-order chi connectivity index (χ0) is 18.8. The number of hydroxylamine groups is 1. The Morgan fingerprint density at radius 3 is 2.74 bits per heavy atom. The van der Waals surface area contributed by atoms with Crippen molar-refractivity contribution in [3.8, 4) is 34.0 Å². The molecule has 0 atom stereocenters. The lowest BCUT2D eigenvalue weighted by Gasteiger charge is -2.12. The Bertz CT molecular complexity index is 1110. The molecule has 0 aliphatic rings. The van der Waals surface area contributed by atoms with Gasteiger partial charge in [-0.25, -0.2) is 0 Å². The smallest absolute Gasteiger partial charge is 0.249 e. The summed E-state index contributed by atoms with van der Waals surface area (Å²) in [4.78, 5) is 19.9. The van der Waals surface area contributed by atoms with Crippen LogP contribution >= 0.6 is 0 Å². The number of fused-ring (bicyclic) bond motifs is 1. The molecule has 0 radical (unpaired) electrons. The molecular formula is C20H18N4O3. The van der Waals surface area contributed by atoms with E-state index in [-0.39, 0.29) is 5.91 Å². The van der Waals surface area contributed by atoms with Crippen LogP contribution in [0.25, 0.3) is 33.4 Å². The van der Waals surface area contributed by atoms with Crippen molar-refractivity contribution in [1.82, 2.24) is 20.7 Å². The molecule has 136 valence electrons. The molecule has 3 N–H and O–H groups in total. The minimum absolute atomic E-state index is 0.298. The molecule has 2 aromatic carbocycles. The lowest BCUT2D eigenvalue weighted by molar-refractivity contribution is -0.125. The third-order valence-corrected chi connectivity index (χ3v) is 4.23. The largest absolute Gasteiger partial charge is 0.496 e. The molecule has 0 saturated carbocycles. The number of amides is 1. The van der Waals surface area contributed by atoms with Crippen molar-refractivity contribution >= 4 is 16.8 Å². The average molecular weight is 362 g/mol. The van der Waals surface area contributed by atoms with Gasteiger partial charge in [-0.2, -0.15) is 10.6 Å². The van der Waals surface area contributed by atoms with Crippen molar-refractivity contribution in [2.24, 2.45) is 0 Å². The highest BCUT2D eigenvalue weighted by Gasteiger charge is 2.18. The van der Waals surface area contributed by atoms with Crippen molar-refractivity contribution in [3.05, 3.63) is 54.7 Å². The first-order chi connectivity index (χ1) is 13.2. The second kappa shape index (κ2) is 6.87. The molecule has 2 aromatic heterocycles. The number of ether oxygens (including phenoxy) is 1. The molecule has 0 aliphatic heterocycles. The highest BCUT2D eigenvalue weighted by molar-refractivity contribution is 5.95. The summed E-state index contributed by atoms with van der Waals surface area (Å²) in [6, 6.07) is 15.3. The Morgan fingerprint density at radius 1 is 1.11 bits per heavy atom. The molecule has 0 saturated heterocycles. The van der Waals surface area contributed by atoms with E-state index in [4.69, 9.17) is 9.57 Å². The third kappa shape index (κ3) is 3.10. The minimum Gasteiger partial charge on any atom is -0.496 e. The van der Waals surface area contributed by atoms with E-state index in [1.54, 1.807) is 19.2 Å². The molecule has 2 heterocycles. The van der Waals surface area contributed by atoms with Gasteiger partial charge in [0.25, 0.3) is 0 Å². The van der Waals surface area contributed by atoms with Gasteiger partial charge in [0.05, 0.1) is 24.1 Å². The zero-order valence-corrected chi connectivity index (χ0v) is 14.9. The summed E-state index contributed by atoms with van der Waals surface area (Å²) in [5, 5.41) is 8.58. The summed E-state index contributed by atoms with van der Waals surface area (Å²) < 4.78 is 5.47. The van der Waals surface area contributed by atoms with Gasteiger partial charge in [0.1, 0.15) is 5.75 Å². The predicted octanol–water partition coefficient (Wildman–Crippen LogP) is 3.66. The number of hydrogen-bond donors (Lipinski definition) is 3. The highest BCUT2D eigenvalue weighted by Crippen LogP contribution is 2.39. The second-order valence-corrected chi connectivity index (χ2v) is 6.01. The Kier molecular flexibility index (Phi) is 4.25. The molecule has 4 rings (SSSR count). The van der Waals surface area contributed by atoms with Gasteiger partial charge in [0, 0.05) is 29.6 Å². The number of methoxy groups -OCH3 is 1. The SMILES string of the molecule is COc1cccc(ONC(C)=O)c1-c1cc(-c2c[nH]c3ccccc23)n[nH]1. The van der Waals surface area contributed by atoms with E-state index in [0.717, 1.165) is 22.2 Å². The lowest BCUT2D eigenvalue weighted by atomic mass is 10.1. The summed E-state index contributed by atoms with van der Waals surface area (Å²) in [5.74, 6) is 0.763. The summed E-state index contributed by atoms with van der Waals surface area (Å²) >= 11 is 0. The summed E-state index contributed by atoms with van der Waals surface area (Å²) in [6.07, 6.45) is 1.93. The fourth-order valence-corrected chi connectivity index (χ4v) is 3.03. The van der Waals surface area contributed by atoms with Crippen molar-refractivity contribution in [2.75, 3.05) is 7.11 Å². The third-order valence-electron chi connectivity index (χ3n) is 4.23. The van der Waals surface area contributed by atoms with E-state index in [0.29, 0.717) is 22.8 Å². The number of aromatic nitrogens is 3. The summed E-state index contributed by atoms with van der Waals surface area (Å²) in [5.41, 5.74) is 6.57. The van der Waals surface area contributed by atoms with Crippen molar-refractivity contribution in [3.63, 3.8) is 0 Å². The first-order valence-electron chi connectivity index (χ1n) is 8.40. The van der Waals surface area contributed by atoms with Gasteiger partial charge in [-0.15, -0.1) is 0 Å². The van der Waals surface area contributed by atoms with Crippen molar-refractivity contribution in [1.29, 1.82) is 0 Å². The maximum absolute atomic E-state index is 11.2. The monoisotopic (exact) mass is 362 g/mol. The van der Waals surface area contributed by atoms with E-state index in [1.807, 2.05) is 42.6 Å². The predicted molar refractivity (Wildman–Crippen MR) is 102 cm³/mol. The van der Waals surface area contributed by atoms with Gasteiger partial charge in [-0.3, -0.25) is 9.89 Å². The number of hydrogen-bond acceptors (Lipinski definition) is 4. The minimum atomic E-state index is -0.298. The van der Waals surface area contributed by atoms with Gasteiger partial charge in [0.15, 0.2) is 5.75 Å². The first kappa shape index (κ1) is 16.7. The molecule has 0 fully saturated rings. The van der Waals surface area contributed by atoms with E-state index < -0.39 is 0 Å². The molecule has 0 unspecified atom stereocenters. The van der Waals surface area contributed by atoms with Crippen molar-refractivity contribution in [2.45, 2.75) is 6.92 Å². The maximum Gasteiger partial charge on any atom is 0.249 e. The Morgan fingerprint density at radius 2 is 1.93 bits per heavy atom. The van der Waals surface area contributed by atoms with Gasteiger partial charge in [-0.05, 0) is 24.3 Å². The molecule has 4 aromatic rings. The molecule has 1 amide bonds. The summed E-state index contributed by atoms with van der Waals surface area (Å²) in [6.45, 7) is 1.38. The van der Waals surface area contributed by atoms with Crippen LogP contribution in [0.4, 0.5) is 0 Å². The number of benzene rings is 2. The Balaban J connectivity index is 1.78. The average Bonchev–Trinajstić information content (AvgIpc) is 3.32. The van der Waals surface area contributed by atoms with Gasteiger partial charge < -0.3 is 14.6 Å². The number of para-hydroxylation sites is 1. The maximum atomic E-state index is 11.2. The fraction of sp³-hybridized carbons (Fsp3) is 0.100. The van der Waals surface area contributed by atoms with E-state index >= 15 is 0 Å². The van der Waals surface area contributed by atoms with Crippen LogP contribution in [0.5, 0.6) is 11.5 Å². The van der Waals surface area contributed by atoms with E-state index in [1.165, 1.54) is 6.92 Å². The number of carbonyl (C=O) groups excluding carboxylic acids is 1. The lowest BCUT2D eigenvalue weighted by Crippen LogP contribution is -2.24. The molecule has 27 heavy (non-hydrogen) atoms. The molecule has 0 aliphatic carbocycles. The number of H-pyrrole nitrogens is 2.